The number of carbonyl (C=O) groups is 2. The first kappa shape index (κ1) is 19.9. The standard InChI is InChI=1S/C22H25FN2O3/c1-15(2)28-19-6-4-3-5-18(19)25-21(27)22(12-13-22)20(26)24-14-11-16-7-9-17(23)10-8-16/h3-10,15H,11-14H2,1-2H3,(H,24,26)(H,25,27). The fraction of sp³-hybridized carbons (Fsp3) is 0.364. The predicted molar refractivity (Wildman–Crippen MR) is 106 cm³/mol. The molecule has 2 N–H and O–H groups in total. The third-order valence-corrected chi connectivity index (χ3v) is 4.73. The Balaban J connectivity index is 1.57. The highest BCUT2D eigenvalue weighted by atomic mass is 19.1. The molecule has 0 atom stereocenters. The summed E-state index contributed by atoms with van der Waals surface area (Å²) in [5.74, 6) is -0.289. The smallest absolute Gasteiger partial charge is 0.240 e. The number of hydrogen-bond donors (Lipinski definition) is 2. The van der Waals surface area contributed by atoms with Gasteiger partial charge in [-0.05, 0) is 62.9 Å². The van der Waals surface area contributed by atoms with Crippen LogP contribution in [0.25, 0.3) is 0 Å². The highest BCUT2D eigenvalue weighted by molar-refractivity contribution is 6.13. The summed E-state index contributed by atoms with van der Waals surface area (Å²) in [6.07, 6.45) is 1.60. The van der Waals surface area contributed by atoms with Crippen molar-refractivity contribution < 1.29 is 18.7 Å². The lowest BCUT2D eigenvalue weighted by Crippen LogP contribution is -2.40. The number of anilines is 1. The van der Waals surface area contributed by atoms with Crippen molar-refractivity contribution in [3.8, 4) is 5.75 Å². The largest absolute Gasteiger partial charge is 0.489 e. The number of hydrogen-bond acceptors (Lipinski definition) is 3. The fourth-order valence-electron chi connectivity index (χ4n) is 2.99. The minimum absolute atomic E-state index is 0.0253. The maximum atomic E-state index is 12.9. The predicted octanol–water partition coefficient (Wildman–Crippen LogP) is 3.69. The van der Waals surface area contributed by atoms with Crippen molar-refractivity contribution in [2.24, 2.45) is 5.41 Å². The lowest BCUT2D eigenvalue weighted by molar-refractivity contribution is -0.134. The number of rotatable bonds is 8. The molecule has 2 aromatic rings. The Kier molecular flexibility index (Phi) is 5.97. The zero-order valence-corrected chi connectivity index (χ0v) is 16.1. The van der Waals surface area contributed by atoms with Crippen LogP contribution in [0.5, 0.6) is 5.75 Å². The van der Waals surface area contributed by atoms with Crippen LogP contribution in [0.15, 0.2) is 48.5 Å². The van der Waals surface area contributed by atoms with Gasteiger partial charge in [0.2, 0.25) is 11.8 Å². The molecule has 1 fully saturated rings. The van der Waals surface area contributed by atoms with E-state index >= 15 is 0 Å². The normalized spacial score (nSPS) is 14.4. The summed E-state index contributed by atoms with van der Waals surface area (Å²) in [5, 5.41) is 5.68. The second-order valence-corrected chi connectivity index (χ2v) is 7.33. The van der Waals surface area contributed by atoms with Gasteiger partial charge in [-0.1, -0.05) is 24.3 Å². The highest BCUT2D eigenvalue weighted by Gasteiger charge is 2.56. The lowest BCUT2D eigenvalue weighted by Gasteiger charge is -2.18. The summed E-state index contributed by atoms with van der Waals surface area (Å²) in [6.45, 7) is 4.22. The summed E-state index contributed by atoms with van der Waals surface area (Å²) in [4.78, 5) is 25.4. The molecule has 1 aliphatic carbocycles. The molecular formula is C22H25FN2O3. The van der Waals surface area contributed by atoms with Crippen LogP contribution in [0.2, 0.25) is 0 Å². The number of carbonyl (C=O) groups excluding carboxylic acids is 2. The van der Waals surface area contributed by atoms with E-state index in [1.807, 2.05) is 26.0 Å². The molecule has 1 saturated carbocycles. The Morgan fingerprint density at radius 2 is 1.75 bits per heavy atom. The topological polar surface area (TPSA) is 67.4 Å². The van der Waals surface area contributed by atoms with Crippen molar-refractivity contribution in [2.45, 2.75) is 39.2 Å². The third-order valence-electron chi connectivity index (χ3n) is 4.73. The molecule has 6 heteroatoms. The van der Waals surface area contributed by atoms with Gasteiger partial charge in [0.25, 0.3) is 0 Å². The number of halogens is 1. The average molecular weight is 384 g/mol. The van der Waals surface area contributed by atoms with E-state index in [1.165, 1.54) is 12.1 Å². The first-order valence-electron chi connectivity index (χ1n) is 9.50. The third kappa shape index (κ3) is 4.68. The SMILES string of the molecule is CC(C)Oc1ccccc1NC(=O)C1(C(=O)NCCc2ccc(F)cc2)CC1. The molecule has 0 aliphatic heterocycles. The van der Waals surface area contributed by atoms with Gasteiger partial charge < -0.3 is 15.4 Å². The minimum atomic E-state index is -1.02. The van der Waals surface area contributed by atoms with E-state index in [2.05, 4.69) is 10.6 Å². The van der Waals surface area contributed by atoms with E-state index in [0.717, 1.165) is 5.56 Å². The van der Waals surface area contributed by atoms with Crippen molar-refractivity contribution in [2.75, 3.05) is 11.9 Å². The zero-order valence-electron chi connectivity index (χ0n) is 16.1. The van der Waals surface area contributed by atoms with E-state index in [1.54, 1.807) is 24.3 Å². The van der Waals surface area contributed by atoms with Crippen molar-refractivity contribution in [1.82, 2.24) is 5.32 Å². The van der Waals surface area contributed by atoms with E-state index in [0.29, 0.717) is 37.2 Å². The molecule has 28 heavy (non-hydrogen) atoms. The summed E-state index contributed by atoms with van der Waals surface area (Å²) in [7, 11) is 0. The van der Waals surface area contributed by atoms with E-state index in [-0.39, 0.29) is 23.7 Å². The van der Waals surface area contributed by atoms with Gasteiger partial charge in [0.05, 0.1) is 11.8 Å². The molecule has 0 spiro atoms. The van der Waals surface area contributed by atoms with Crippen LogP contribution >= 0.6 is 0 Å². The van der Waals surface area contributed by atoms with Crippen LogP contribution in [0.1, 0.15) is 32.3 Å². The van der Waals surface area contributed by atoms with Crippen LogP contribution in [0.3, 0.4) is 0 Å². The molecule has 0 heterocycles. The second-order valence-electron chi connectivity index (χ2n) is 7.33. The molecule has 0 saturated heterocycles. The first-order valence-corrected chi connectivity index (χ1v) is 9.50. The summed E-state index contributed by atoms with van der Waals surface area (Å²) < 4.78 is 18.7. The number of ether oxygens (including phenoxy) is 1. The number of benzene rings is 2. The minimum Gasteiger partial charge on any atom is -0.489 e. The van der Waals surface area contributed by atoms with Gasteiger partial charge in [-0.25, -0.2) is 4.39 Å². The quantitative estimate of drug-likeness (QED) is 0.682. The van der Waals surface area contributed by atoms with E-state index in [4.69, 9.17) is 4.74 Å². The fourth-order valence-corrected chi connectivity index (χ4v) is 2.99. The molecule has 0 radical (unpaired) electrons. The van der Waals surface area contributed by atoms with Crippen molar-refractivity contribution in [3.05, 3.63) is 59.9 Å². The molecular weight excluding hydrogens is 359 g/mol. The van der Waals surface area contributed by atoms with Gasteiger partial charge >= 0.3 is 0 Å². The van der Waals surface area contributed by atoms with Gasteiger partial charge in [0.1, 0.15) is 17.0 Å². The Morgan fingerprint density at radius 1 is 1.07 bits per heavy atom. The zero-order chi connectivity index (χ0) is 20.1. The van der Waals surface area contributed by atoms with Crippen molar-refractivity contribution in [1.29, 1.82) is 0 Å². The summed E-state index contributed by atoms with van der Waals surface area (Å²) in [6, 6.07) is 13.4. The molecule has 0 aromatic heterocycles. The van der Waals surface area contributed by atoms with Crippen LogP contribution in [-0.2, 0) is 16.0 Å². The Labute approximate surface area is 164 Å². The Hall–Kier alpha value is -2.89. The van der Waals surface area contributed by atoms with Crippen LogP contribution in [0, 0.1) is 11.2 Å². The molecule has 0 unspecified atom stereocenters. The van der Waals surface area contributed by atoms with Gasteiger partial charge in [0.15, 0.2) is 0 Å². The van der Waals surface area contributed by atoms with E-state index < -0.39 is 5.41 Å². The van der Waals surface area contributed by atoms with Gasteiger partial charge in [-0.15, -0.1) is 0 Å². The van der Waals surface area contributed by atoms with Crippen molar-refractivity contribution >= 4 is 17.5 Å². The molecule has 148 valence electrons. The summed E-state index contributed by atoms with van der Waals surface area (Å²) in [5.41, 5.74) is 0.468. The highest BCUT2D eigenvalue weighted by Crippen LogP contribution is 2.47. The maximum Gasteiger partial charge on any atom is 0.240 e. The maximum absolute atomic E-state index is 12.9. The second kappa shape index (κ2) is 8.42. The lowest BCUT2D eigenvalue weighted by atomic mass is 10.0. The first-order chi connectivity index (χ1) is 13.4. The molecule has 5 nitrogen and oxygen atoms in total. The average Bonchev–Trinajstić information content (AvgIpc) is 3.46. The molecule has 2 amide bonds. The molecule has 0 bridgehead atoms. The number of amides is 2. The Morgan fingerprint density at radius 3 is 2.39 bits per heavy atom. The van der Waals surface area contributed by atoms with Crippen molar-refractivity contribution in [3.63, 3.8) is 0 Å². The van der Waals surface area contributed by atoms with Gasteiger partial charge in [-0.3, -0.25) is 9.59 Å². The van der Waals surface area contributed by atoms with Crippen LogP contribution in [-0.4, -0.2) is 24.5 Å². The molecule has 2 aromatic carbocycles. The summed E-state index contributed by atoms with van der Waals surface area (Å²) >= 11 is 0. The van der Waals surface area contributed by atoms with E-state index in [9.17, 15) is 14.0 Å². The number of nitrogens with one attached hydrogen (secondary N) is 2. The van der Waals surface area contributed by atoms with Gasteiger partial charge in [0, 0.05) is 6.54 Å². The van der Waals surface area contributed by atoms with Gasteiger partial charge in [-0.2, -0.15) is 0 Å². The molecule has 1 aliphatic rings. The monoisotopic (exact) mass is 384 g/mol. The van der Waals surface area contributed by atoms with Crippen LogP contribution in [0.4, 0.5) is 10.1 Å². The Bertz CT molecular complexity index is 845. The number of para-hydroxylation sites is 2. The van der Waals surface area contributed by atoms with Crippen LogP contribution < -0.4 is 15.4 Å². The molecule has 3 rings (SSSR count).